The molecule has 0 saturated carbocycles. The number of hydrogen-bond acceptors (Lipinski definition) is 6. The molecule has 1 N–H and O–H groups in total. The van der Waals surface area contributed by atoms with E-state index < -0.39 is 0 Å². The first-order valence-corrected chi connectivity index (χ1v) is 11.5. The van der Waals surface area contributed by atoms with Crippen LogP contribution in [-0.4, -0.2) is 57.9 Å². The van der Waals surface area contributed by atoms with Crippen molar-refractivity contribution < 1.29 is 19.0 Å². The number of nitrogens with zero attached hydrogens (tertiary/aromatic N) is 1. The fourth-order valence-electron chi connectivity index (χ4n) is 4.38. The number of benzene rings is 1. The van der Waals surface area contributed by atoms with Crippen molar-refractivity contribution in [1.29, 1.82) is 0 Å². The maximum absolute atomic E-state index is 13.0. The fraction of sp³-hybridized carbons (Fsp3) is 0.522. The van der Waals surface area contributed by atoms with Crippen molar-refractivity contribution >= 4 is 17.2 Å². The van der Waals surface area contributed by atoms with Crippen LogP contribution < -0.4 is 14.8 Å². The number of hydrogen-bond donors (Lipinski definition) is 1. The van der Waals surface area contributed by atoms with Gasteiger partial charge in [-0.25, -0.2) is 0 Å². The lowest BCUT2D eigenvalue weighted by Crippen LogP contribution is -2.43. The Morgan fingerprint density at radius 1 is 1.17 bits per heavy atom. The third-order valence-corrected chi connectivity index (χ3v) is 7.13. The van der Waals surface area contributed by atoms with Gasteiger partial charge in [-0.2, -0.15) is 0 Å². The van der Waals surface area contributed by atoms with E-state index in [1.165, 1.54) is 23.3 Å². The Bertz CT molecular complexity index is 876. The molecular weight excluding hydrogens is 400 g/mol. The molecule has 30 heavy (non-hydrogen) atoms. The number of nitrogens with one attached hydrogen (secondary N) is 1. The van der Waals surface area contributed by atoms with E-state index in [1.807, 2.05) is 17.5 Å². The first kappa shape index (κ1) is 21.2. The molecule has 2 aromatic rings. The van der Waals surface area contributed by atoms with Crippen molar-refractivity contribution in [2.24, 2.45) is 0 Å². The number of methoxy groups -OCH3 is 2. The van der Waals surface area contributed by atoms with Gasteiger partial charge in [0.25, 0.3) is 5.91 Å². The van der Waals surface area contributed by atoms with Gasteiger partial charge in [-0.05, 0) is 48.9 Å². The Balaban J connectivity index is 1.53. The van der Waals surface area contributed by atoms with Crippen LogP contribution in [0.2, 0.25) is 0 Å². The van der Waals surface area contributed by atoms with Gasteiger partial charge in [0.05, 0.1) is 39.0 Å². The van der Waals surface area contributed by atoms with Gasteiger partial charge in [-0.1, -0.05) is 6.07 Å². The number of carbonyl (C=O) groups excluding carboxylic acids is 1. The minimum atomic E-state index is 0.0353. The molecule has 1 aliphatic heterocycles. The van der Waals surface area contributed by atoms with Crippen LogP contribution in [-0.2, 0) is 17.6 Å². The highest BCUT2D eigenvalue weighted by molar-refractivity contribution is 7.10. The molecule has 1 atom stereocenters. The molecule has 1 aromatic carbocycles. The number of fused-ring (bicyclic) bond motifs is 1. The number of carbonyl (C=O) groups is 1. The minimum absolute atomic E-state index is 0.0353. The zero-order valence-electron chi connectivity index (χ0n) is 17.7. The third kappa shape index (κ3) is 4.48. The molecule has 7 heteroatoms. The summed E-state index contributed by atoms with van der Waals surface area (Å²) < 4.78 is 16.4. The van der Waals surface area contributed by atoms with Gasteiger partial charge < -0.3 is 19.5 Å². The number of morpholine rings is 1. The lowest BCUT2D eigenvalue weighted by Gasteiger charge is -2.35. The van der Waals surface area contributed by atoms with E-state index in [4.69, 9.17) is 14.2 Å². The van der Waals surface area contributed by atoms with Crippen molar-refractivity contribution in [2.75, 3.05) is 47.1 Å². The summed E-state index contributed by atoms with van der Waals surface area (Å²) in [4.78, 5) is 16.8. The first-order chi connectivity index (χ1) is 14.7. The molecule has 0 bridgehead atoms. The molecule has 1 amide bonds. The van der Waals surface area contributed by atoms with Gasteiger partial charge in [0.15, 0.2) is 11.5 Å². The van der Waals surface area contributed by atoms with Gasteiger partial charge in [0, 0.05) is 29.9 Å². The molecule has 2 aliphatic rings. The predicted molar refractivity (Wildman–Crippen MR) is 118 cm³/mol. The Hall–Kier alpha value is -2.09. The predicted octanol–water partition coefficient (Wildman–Crippen LogP) is 3.45. The second kappa shape index (κ2) is 9.81. The molecule has 162 valence electrons. The first-order valence-electron chi connectivity index (χ1n) is 10.6. The summed E-state index contributed by atoms with van der Waals surface area (Å²) in [5.74, 6) is 1.44. The monoisotopic (exact) mass is 430 g/mol. The minimum Gasteiger partial charge on any atom is -0.493 e. The van der Waals surface area contributed by atoms with Crippen LogP contribution in [0.25, 0.3) is 0 Å². The molecule has 0 spiro atoms. The van der Waals surface area contributed by atoms with Crippen LogP contribution in [0.15, 0.2) is 23.6 Å². The highest BCUT2D eigenvalue weighted by Crippen LogP contribution is 2.33. The third-order valence-electron chi connectivity index (χ3n) is 6.04. The molecule has 0 unspecified atom stereocenters. The second-order valence-electron chi connectivity index (χ2n) is 7.75. The topological polar surface area (TPSA) is 60.0 Å². The Morgan fingerprint density at radius 3 is 2.70 bits per heavy atom. The van der Waals surface area contributed by atoms with Gasteiger partial charge >= 0.3 is 0 Å². The van der Waals surface area contributed by atoms with Crippen LogP contribution in [0.4, 0.5) is 0 Å². The van der Waals surface area contributed by atoms with E-state index >= 15 is 0 Å². The normalized spacial score (nSPS) is 17.8. The molecule has 1 fully saturated rings. The number of thiophene rings is 1. The number of rotatable bonds is 7. The summed E-state index contributed by atoms with van der Waals surface area (Å²) in [5.41, 5.74) is 3.22. The lowest BCUT2D eigenvalue weighted by molar-refractivity contribution is 0.0162. The van der Waals surface area contributed by atoms with Crippen molar-refractivity contribution in [2.45, 2.75) is 31.7 Å². The van der Waals surface area contributed by atoms with Gasteiger partial charge in [0.2, 0.25) is 0 Å². The molecule has 1 aliphatic carbocycles. The smallest absolute Gasteiger partial charge is 0.252 e. The van der Waals surface area contributed by atoms with Gasteiger partial charge in [-0.3, -0.25) is 9.69 Å². The van der Waals surface area contributed by atoms with E-state index in [9.17, 15) is 4.79 Å². The summed E-state index contributed by atoms with van der Waals surface area (Å²) in [5, 5.41) is 5.24. The lowest BCUT2D eigenvalue weighted by atomic mass is 9.95. The molecule has 1 saturated heterocycles. The van der Waals surface area contributed by atoms with Crippen LogP contribution in [0, 0.1) is 0 Å². The summed E-state index contributed by atoms with van der Waals surface area (Å²) in [6, 6.07) is 6.04. The second-order valence-corrected chi connectivity index (χ2v) is 8.71. The zero-order chi connectivity index (χ0) is 20.9. The molecule has 0 radical (unpaired) electrons. The quantitative estimate of drug-likeness (QED) is 0.729. The maximum atomic E-state index is 13.0. The van der Waals surface area contributed by atoms with E-state index in [1.54, 1.807) is 25.6 Å². The van der Waals surface area contributed by atoms with Crippen LogP contribution >= 0.6 is 11.3 Å². The Kier molecular flexibility index (Phi) is 6.92. The SMILES string of the molecule is COc1ccc([C@@H](CNC(=O)c2csc3c2CCCC3)N2CCOCC2)cc1OC. The summed E-state index contributed by atoms with van der Waals surface area (Å²) in [6.45, 7) is 3.62. The van der Waals surface area contributed by atoms with E-state index in [-0.39, 0.29) is 11.9 Å². The summed E-state index contributed by atoms with van der Waals surface area (Å²) >= 11 is 1.73. The Morgan fingerprint density at radius 2 is 1.93 bits per heavy atom. The summed E-state index contributed by atoms with van der Waals surface area (Å²) in [6.07, 6.45) is 4.53. The molecule has 4 rings (SSSR count). The van der Waals surface area contributed by atoms with Crippen molar-refractivity contribution in [3.63, 3.8) is 0 Å². The van der Waals surface area contributed by atoms with Gasteiger partial charge in [0.1, 0.15) is 0 Å². The van der Waals surface area contributed by atoms with Crippen molar-refractivity contribution in [1.82, 2.24) is 10.2 Å². The van der Waals surface area contributed by atoms with E-state index in [2.05, 4.69) is 16.3 Å². The van der Waals surface area contributed by atoms with Crippen LogP contribution in [0.5, 0.6) is 11.5 Å². The van der Waals surface area contributed by atoms with Gasteiger partial charge in [-0.15, -0.1) is 11.3 Å². The Labute approximate surface area is 182 Å². The van der Waals surface area contributed by atoms with E-state index in [0.29, 0.717) is 31.3 Å². The summed E-state index contributed by atoms with van der Waals surface area (Å²) in [7, 11) is 3.28. The maximum Gasteiger partial charge on any atom is 0.252 e. The molecule has 2 heterocycles. The zero-order valence-corrected chi connectivity index (χ0v) is 18.6. The highest BCUT2D eigenvalue weighted by Gasteiger charge is 2.26. The number of aryl methyl sites for hydroxylation is 1. The largest absolute Gasteiger partial charge is 0.493 e. The average Bonchev–Trinajstić information content (AvgIpc) is 3.24. The number of amides is 1. The van der Waals surface area contributed by atoms with Crippen LogP contribution in [0.1, 0.15) is 45.2 Å². The molecule has 6 nitrogen and oxygen atoms in total. The molecular formula is C23H30N2O4S. The number of ether oxygens (including phenoxy) is 3. The van der Waals surface area contributed by atoms with Crippen LogP contribution in [0.3, 0.4) is 0 Å². The van der Waals surface area contributed by atoms with Crippen molar-refractivity contribution in [3.8, 4) is 11.5 Å². The average molecular weight is 431 g/mol. The fourth-order valence-corrected chi connectivity index (χ4v) is 5.50. The molecule has 1 aromatic heterocycles. The standard InChI is InChI=1S/C23H30N2O4S/c1-27-20-8-7-16(13-21(20)28-2)19(25-9-11-29-12-10-25)14-24-23(26)18-15-30-22-6-4-3-5-17(18)22/h7-8,13,15,19H,3-6,9-12,14H2,1-2H3,(H,24,26)/t19-/m1/s1. The van der Waals surface area contributed by atoms with E-state index in [0.717, 1.165) is 37.1 Å². The highest BCUT2D eigenvalue weighted by atomic mass is 32.1. The van der Waals surface area contributed by atoms with Crippen molar-refractivity contribution in [3.05, 3.63) is 45.1 Å².